The maximum Gasteiger partial charge on any atom is 0.0798 e. The molecule has 0 bridgehead atoms. The largest absolute Gasteiger partial charge is 0.306 e. The number of thiazole rings is 1. The van der Waals surface area contributed by atoms with Crippen LogP contribution in [0.5, 0.6) is 0 Å². The van der Waals surface area contributed by atoms with Crippen molar-refractivity contribution in [2.24, 2.45) is 0 Å². The Labute approximate surface area is 102 Å². The molecule has 1 aromatic heterocycles. The molecule has 0 radical (unpaired) electrons. The molecule has 3 heteroatoms. The van der Waals surface area contributed by atoms with Crippen LogP contribution in [-0.2, 0) is 0 Å². The van der Waals surface area contributed by atoms with Crippen LogP contribution in [0.4, 0.5) is 0 Å². The molecule has 2 nitrogen and oxygen atoms in total. The molecule has 16 heavy (non-hydrogen) atoms. The number of aryl methyl sites for hydroxylation is 1. The van der Waals surface area contributed by atoms with Gasteiger partial charge in [-0.05, 0) is 39.2 Å². The maximum absolute atomic E-state index is 4.37. The van der Waals surface area contributed by atoms with Gasteiger partial charge in [0.25, 0.3) is 0 Å². The molecule has 1 atom stereocenters. The molecule has 0 spiro atoms. The smallest absolute Gasteiger partial charge is 0.0798 e. The molecule has 1 N–H and O–H groups in total. The highest BCUT2D eigenvalue weighted by atomic mass is 32.1. The molecule has 1 aliphatic rings. The summed E-state index contributed by atoms with van der Waals surface area (Å²) in [5, 5.41) is 3.60. The molecule has 1 unspecified atom stereocenters. The van der Waals surface area contributed by atoms with E-state index in [-0.39, 0.29) is 0 Å². The third-order valence-corrected chi connectivity index (χ3v) is 4.15. The van der Waals surface area contributed by atoms with Crippen LogP contribution in [0, 0.1) is 6.92 Å². The molecule has 0 fully saturated rings. The first-order chi connectivity index (χ1) is 7.83. The van der Waals surface area contributed by atoms with E-state index in [4.69, 9.17) is 0 Å². The number of hydrogen-bond acceptors (Lipinski definition) is 3. The van der Waals surface area contributed by atoms with Gasteiger partial charge in [-0.1, -0.05) is 18.6 Å². The fourth-order valence-corrected chi connectivity index (χ4v) is 3.23. The molecule has 1 aliphatic carbocycles. The Balaban J connectivity index is 2.23. The summed E-state index contributed by atoms with van der Waals surface area (Å²) < 4.78 is 0. The van der Waals surface area contributed by atoms with Gasteiger partial charge in [0.2, 0.25) is 0 Å². The molecule has 88 valence electrons. The summed E-state index contributed by atoms with van der Waals surface area (Å²) in [6, 6.07) is 0.415. The molecule has 0 saturated carbocycles. The summed E-state index contributed by atoms with van der Waals surface area (Å²) >= 11 is 1.78. The lowest BCUT2D eigenvalue weighted by molar-refractivity contribution is 0.567. The van der Waals surface area contributed by atoms with E-state index in [1.54, 1.807) is 16.9 Å². The van der Waals surface area contributed by atoms with Gasteiger partial charge in [0.1, 0.15) is 0 Å². The van der Waals surface area contributed by atoms with E-state index in [1.807, 2.05) is 5.51 Å². The minimum atomic E-state index is 0.415. The number of aromatic nitrogens is 1. The predicted molar refractivity (Wildman–Crippen MR) is 69.8 cm³/mol. The van der Waals surface area contributed by atoms with Crippen LogP contribution < -0.4 is 5.32 Å². The summed E-state index contributed by atoms with van der Waals surface area (Å²) in [5.41, 5.74) is 4.71. The second kappa shape index (κ2) is 5.60. The zero-order valence-electron chi connectivity index (χ0n) is 10.1. The fourth-order valence-electron chi connectivity index (χ4n) is 2.31. The Morgan fingerprint density at radius 2 is 2.38 bits per heavy atom. The number of likely N-dealkylation sites (N-methyl/N-ethyl adjacent to an activating group) is 1. The third-order valence-electron chi connectivity index (χ3n) is 3.15. The van der Waals surface area contributed by atoms with E-state index < -0.39 is 0 Å². The van der Waals surface area contributed by atoms with Crippen molar-refractivity contribution in [3.05, 3.63) is 27.7 Å². The summed E-state index contributed by atoms with van der Waals surface area (Å²) in [5.74, 6) is 0. The van der Waals surface area contributed by atoms with E-state index >= 15 is 0 Å². The highest BCUT2D eigenvalue weighted by molar-refractivity contribution is 7.09. The monoisotopic (exact) mass is 236 g/mol. The lowest BCUT2D eigenvalue weighted by Crippen LogP contribution is -2.23. The number of rotatable bonds is 4. The third kappa shape index (κ3) is 2.53. The van der Waals surface area contributed by atoms with Crippen molar-refractivity contribution in [1.82, 2.24) is 10.3 Å². The summed E-state index contributed by atoms with van der Waals surface area (Å²) in [4.78, 5) is 5.76. The van der Waals surface area contributed by atoms with Crippen molar-refractivity contribution >= 4 is 11.3 Å². The number of nitrogens with zero attached hydrogens (tertiary/aromatic N) is 1. The molecule has 0 aromatic carbocycles. The Kier molecular flexibility index (Phi) is 4.13. The van der Waals surface area contributed by atoms with Crippen LogP contribution in [-0.4, -0.2) is 11.5 Å². The first-order valence-corrected chi connectivity index (χ1v) is 7.03. The van der Waals surface area contributed by atoms with Gasteiger partial charge in [-0.3, -0.25) is 0 Å². The molecule has 0 amide bonds. The van der Waals surface area contributed by atoms with Crippen molar-refractivity contribution in [2.75, 3.05) is 6.54 Å². The van der Waals surface area contributed by atoms with Crippen LogP contribution in [0.3, 0.4) is 0 Å². The van der Waals surface area contributed by atoms with Gasteiger partial charge in [0.05, 0.1) is 17.2 Å². The van der Waals surface area contributed by atoms with Gasteiger partial charge in [0.15, 0.2) is 0 Å². The minimum Gasteiger partial charge on any atom is -0.306 e. The quantitative estimate of drug-likeness (QED) is 0.808. The van der Waals surface area contributed by atoms with E-state index in [0.29, 0.717) is 6.04 Å². The number of hydrogen-bond donors (Lipinski definition) is 1. The molecule has 0 saturated heterocycles. The minimum absolute atomic E-state index is 0.415. The Morgan fingerprint density at radius 3 is 2.94 bits per heavy atom. The van der Waals surface area contributed by atoms with Crippen molar-refractivity contribution in [3.63, 3.8) is 0 Å². The van der Waals surface area contributed by atoms with Crippen LogP contribution in [0.1, 0.15) is 49.2 Å². The van der Waals surface area contributed by atoms with Gasteiger partial charge >= 0.3 is 0 Å². The summed E-state index contributed by atoms with van der Waals surface area (Å²) in [6.45, 7) is 5.30. The van der Waals surface area contributed by atoms with Gasteiger partial charge in [-0.25, -0.2) is 4.98 Å². The average Bonchev–Trinajstić information content (AvgIpc) is 2.73. The first-order valence-electron chi connectivity index (χ1n) is 6.15. The summed E-state index contributed by atoms with van der Waals surface area (Å²) in [7, 11) is 0. The maximum atomic E-state index is 4.37. The lowest BCUT2D eigenvalue weighted by Gasteiger charge is -2.23. The van der Waals surface area contributed by atoms with Crippen LogP contribution in [0.2, 0.25) is 0 Å². The highest BCUT2D eigenvalue weighted by Crippen LogP contribution is 2.33. The predicted octanol–water partition coefficient (Wildman–Crippen LogP) is 3.60. The Morgan fingerprint density at radius 1 is 1.50 bits per heavy atom. The molecule has 1 heterocycles. The van der Waals surface area contributed by atoms with Gasteiger partial charge in [-0.2, -0.15) is 0 Å². The van der Waals surface area contributed by atoms with E-state index in [2.05, 4.69) is 30.2 Å². The highest BCUT2D eigenvalue weighted by Gasteiger charge is 2.20. The normalized spacial score (nSPS) is 18.2. The van der Waals surface area contributed by atoms with Gasteiger partial charge in [0, 0.05) is 4.88 Å². The molecular formula is C13H20N2S. The molecular weight excluding hydrogens is 216 g/mol. The number of nitrogens with one attached hydrogen (secondary N) is 1. The second-order valence-electron chi connectivity index (χ2n) is 4.32. The topological polar surface area (TPSA) is 24.9 Å². The Hall–Kier alpha value is -0.670. The Bertz CT molecular complexity index is 368. The zero-order chi connectivity index (χ0) is 11.4. The standard InChI is InChI=1S/C13H20N2S/c1-3-14-12(11-7-5-4-6-8-11)13-10(2)15-9-16-13/h7,9,12,14H,3-6,8H2,1-2H3. The molecule has 2 rings (SSSR count). The van der Waals surface area contributed by atoms with E-state index in [0.717, 1.165) is 6.54 Å². The van der Waals surface area contributed by atoms with Crippen LogP contribution >= 0.6 is 11.3 Å². The zero-order valence-corrected chi connectivity index (χ0v) is 10.9. The summed E-state index contributed by atoms with van der Waals surface area (Å²) in [6.07, 6.45) is 7.61. The van der Waals surface area contributed by atoms with Crippen LogP contribution in [0.15, 0.2) is 17.2 Å². The molecule has 1 aromatic rings. The SMILES string of the molecule is CCNC(C1=CCCCC1)c1scnc1C. The van der Waals surface area contributed by atoms with E-state index in [9.17, 15) is 0 Å². The first kappa shape index (κ1) is 11.8. The lowest BCUT2D eigenvalue weighted by atomic mass is 9.92. The van der Waals surface area contributed by atoms with E-state index in [1.165, 1.54) is 36.3 Å². The fraction of sp³-hybridized carbons (Fsp3) is 0.615. The van der Waals surface area contributed by atoms with Crippen molar-refractivity contribution in [3.8, 4) is 0 Å². The molecule has 0 aliphatic heterocycles. The van der Waals surface area contributed by atoms with Crippen molar-refractivity contribution in [1.29, 1.82) is 0 Å². The van der Waals surface area contributed by atoms with Crippen molar-refractivity contribution in [2.45, 2.75) is 45.6 Å². The average molecular weight is 236 g/mol. The second-order valence-corrected chi connectivity index (χ2v) is 5.20. The van der Waals surface area contributed by atoms with Crippen LogP contribution in [0.25, 0.3) is 0 Å². The van der Waals surface area contributed by atoms with Gasteiger partial charge < -0.3 is 5.32 Å². The van der Waals surface area contributed by atoms with Gasteiger partial charge in [-0.15, -0.1) is 11.3 Å². The van der Waals surface area contributed by atoms with Crippen molar-refractivity contribution < 1.29 is 0 Å². The number of allylic oxidation sites excluding steroid dienone is 1.